The molecule has 3 N–H and O–H groups in total. The van der Waals surface area contributed by atoms with Crippen LogP contribution >= 0.6 is 11.8 Å². The minimum absolute atomic E-state index is 0.215. The van der Waals surface area contributed by atoms with Crippen LogP contribution in [0.4, 0.5) is 0 Å². The van der Waals surface area contributed by atoms with Crippen molar-refractivity contribution in [3.05, 3.63) is 36.5 Å². The van der Waals surface area contributed by atoms with Crippen LogP contribution in [-0.4, -0.2) is 45.0 Å². The zero-order valence-corrected chi connectivity index (χ0v) is 17.3. The van der Waals surface area contributed by atoms with Crippen LogP contribution in [0.3, 0.4) is 0 Å². The van der Waals surface area contributed by atoms with Crippen LogP contribution in [0.25, 0.3) is 0 Å². The molecule has 0 heterocycles. The number of carboxylic acid groups (broad SMARTS) is 1. The Balaban J connectivity index is 2.54. The summed E-state index contributed by atoms with van der Waals surface area (Å²) < 4.78 is 0. The van der Waals surface area contributed by atoms with Gasteiger partial charge in [-0.1, -0.05) is 43.4 Å². The second kappa shape index (κ2) is 14.9. The number of rotatable bonds is 14. The monoisotopic (exact) mass is 396 g/mol. The first-order valence-corrected chi connectivity index (χ1v) is 11.2. The topological polar surface area (TPSA) is 77.8 Å². The quantitative estimate of drug-likeness (QED) is 0.296. The molecule has 4 nitrogen and oxygen atoms in total. The molecule has 0 radical (unpaired) electrons. The minimum atomic E-state index is -0.732. The van der Waals surface area contributed by atoms with Gasteiger partial charge in [0, 0.05) is 17.4 Å². The number of aliphatic hydroxyl groups is 2. The summed E-state index contributed by atoms with van der Waals surface area (Å²) in [6.45, 7) is 2.27. The number of thioether (sulfide) groups is 1. The first-order valence-electron chi connectivity index (χ1n) is 10.2. The molecule has 0 saturated heterocycles. The molecule has 4 atom stereocenters. The SMILES string of the molecule is CC/C=C/C(O)C/C=C/[C@@H]1[C@@H](C/C=C\CCCC(=O)O)CC[C@H]1SCCO. The van der Waals surface area contributed by atoms with E-state index in [1.54, 1.807) is 0 Å². The van der Waals surface area contributed by atoms with E-state index in [0.717, 1.165) is 31.4 Å². The third kappa shape index (κ3) is 10.8. The van der Waals surface area contributed by atoms with Crippen LogP contribution < -0.4 is 0 Å². The molecule has 1 unspecified atom stereocenters. The van der Waals surface area contributed by atoms with Gasteiger partial charge in [-0.3, -0.25) is 4.79 Å². The first-order chi connectivity index (χ1) is 13.1. The lowest BCUT2D eigenvalue weighted by molar-refractivity contribution is -0.137. The second-order valence-electron chi connectivity index (χ2n) is 7.11. The van der Waals surface area contributed by atoms with E-state index in [1.165, 1.54) is 6.42 Å². The number of aliphatic carboxylic acids is 1. The van der Waals surface area contributed by atoms with Crippen molar-refractivity contribution in [1.29, 1.82) is 0 Å². The van der Waals surface area contributed by atoms with Crippen LogP contribution in [0.15, 0.2) is 36.5 Å². The van der Waals surface area contributed by atoms with E-state index in [0.29, 0.717) is 29.9 Å². The van der Waals surface area contributed by atoms with Crippen LogP contribution in [-0.2, 0) is 4.79 Å². The molecule has 27 heavy (non-hydrogen) atoms. The second-order valence-corrected chi connectivity index (χ2v) is 8.46. The minimum Gasteiger partial charge on any atom is -0.481 e. The molecular weight excluding hydrogens is 360 g/mol. The van der Waals surface area contributed by atoms with E-state index in [-0.39, 0.29) is 13.0 Å². The zero-order chi connectivity index (χ0) is 19.9. The van der Waals surface area contributed by atoms with Gasteiger partial charge in [0.15, 0.2) is 0 Å². The number of aliphatic hydroxyl groups excluding tert-OH is 2. The predicted octanol–water partition coefficient (Wildman–Crippen LogP) is 4.58. The summed E-state index contributed by atoms with van der Waals surface area (Å²) in [6, 6.07) is 0. The van der Waals surface area contributed by atoms with Crippen LogP contribution in [0, 0.1) is 11.8 Å². The smallest absolute Gasteiger partial charge is 0.303 e. The van der Waals surface area contributed by atoms with Gasteiger partial charge in [-0.2, -0.15) is 11.8 Å². The Hall–Kier alpha value is -1.04. The molecule has 1 saturated carbocycles. The Morgan fingerprint density at radius 1 is 1.22 bits per heavy atom. The maximum atomic E-state index is 10.5. The van der Waals surface area contributed by atoms with E-state index < -0.39 is 12.1 Å². The average molecular weight is 397 g/mol. The summed E-state index contributed by atoms with van der Waals surface area (Å²) in [5.74, 6) is 1.09. The van der Waals surface area contributed by atoms with Crippen molar-refractivity contribution in [1.82, 2.24) is 0 Å². The summed E-state index contributed by atoms with van der Waals surface area (Å²) >= 11 is 1.85. The lowest BCUT2D eigenvalue weighted by Crippen LogP contribution is -2.15. The zero-order valence-electron chi connectivity index (χ0n) is 16.5. The largest absolute Gasteiger partial charge is 0.481 e. The van der Waals surface area contributed by atoms with Crippen LogP contribution in [0.5, 0.6) is 0 Å². The van der Waals surface area contributed by atoms with Crippen LogP contribution in [0.2, 0.25) is 0 Å². The average Bonchev–Trinajstić information content (AvgIpc) is 3.02. The van der Waals surface area contributed by atoms with Gasteiger partial charge in [0.1, 0.15) is 0 Å². The third-order valence-corrected chi connectivity index (χ3v) is 6.31. The Labute approximate surface area is 168 Å². The van der Waals surface area contributed by atoms with Gasteiger partial charge in [0.05, 0.1) is 12.7 Å². The summed E-state index contributed by atoms with van der Waals surface area (Å²) in [4.78, 5) is 10.5. The van der Waals surface area contributed by atoms with E-state index in [1.807, 2.05) is 23.9 Å². The maximum Gasteiger partial charge on any atom is 0.303 e. The van der Waals surface area contributed by atoms with Crippen molar-refractivity contribution in [3.8, 4) is 0 Å². The molecule has 0 aromatic heterocycles. The molecule has 0 aromatic carbocycles. The van der Waals surface area contributed by atoms with Gasteiger partial charge >= 0.3 is 5.97 Å². The number of carbonyl (C=O) groups is 1. The number of carboxylic acids is 1. The van der Waals surface area contributed by atoms with Crippen molar-refractivity contribution < 1.29 is 20.1 Å². The van der Waals surface area contributed by atoms with Gasteiger partial charge < -0.3 is 15.3 Å². The fourth-order valence-electron chi connectivity index (χ4n) is 3.53. The summed E-state index contributed by atoms with van der Waals surface area (Å²) in [7, 11) is 0. The van der Waals surface area contributed by atoms with Crippen molar-refractivity contribution in [2.45, 2.75) is 69.6 Å². The summed E-state index contributed by atoms with van der Waals surface area (Å²) in [5, 5.41) is 28.3. The standard InChI is InChI=1S/C22H36O4S/c1-2-3-10-19(24)11-8-12-20-18(14-15-21(20)27-17-16-23)9-6-4-5-7-13-22(25)26/h3-4,6,8,10,12,18-21,23-24H,2,5,7,9,11,13-17H2,1H3,(H,25,26)/b6-4-,10-3+,12-8+/t18-,19?,20+,21+/m0/s1. The third-order valence-electron chi connectivity index (χ3n) is 4.92. The van der Waals surface area contributed by atoms with Gasteiger partial charge in [-0.15, -0.1) is 0 Å². The fraction of sp³-hybridized carbons (Fsp3) is 0.682. The van der Waals surface area contributed by atoms with E-state index in [4.69, 9.17) is 10.2 Å². The number of allylic oxidation sites excluding steroid dienone is 4. The molecule has 0 aromatic rings. The number of hydrogen-bond acceptors (Lipinski definition) is 4. The summed E-state index contributed by atoms with van der Waals surface area (Å²) in [6.07, 6.45) is 18.8. The highest BCUT2D eigenvalue weighted by atomic mass is 32.2. The summed E-state index contributed by atoms with van der Waals surface area (Å²) in [5.41, 5.74) is 0. The first kappa shape index (κ1) is 24.0. The maximum absolute atomic E-state index is 10.5. The van der Waals surface area contributed by atoms with E-state index in [2.05, 4.69) is 31.2 Å². The highest BCUT2D eigenvalue weighted by molar-refractivity contribution is 7.99. The molecule has 1 aliphatic carbocycles. The Kier molecular flexibility index (Phi) is 13.3. The molecular formula is C22H36O4S. The van der Waals surface area contributed by atoms with E-state index in [9.17, 15) is 9.90 Å². The lowest BCUT2D eigenvalue weighted by Gasteiger charge is -2.21. The van der Waals surface area contributed by atoms with Crippen molar-refractivity contribution in [3.63, 3.8) is 0 Å². The Morgan fingerprint density at radius 3 is 2.74 bits per heavy atom. The van der Waals surface area contributed by atoms with E-state index >= 15 is 0 Å². The highest BCUT2D eigenvalue weighted by Crippen LogP contribution is 2.42. The molecule has 1 fully saturated rings. The molecule has 1 aliphatic rings. The number of unbranched alkanes of at least 4 members (excludes halogenated alkanes) is 1. The lowest BCUT2D eigenvalue weighted by atomic mass is 9.91. The van der Waals surface area contributed by atoms with Gasteiger partial charge in [-0.25, -0.2) is 0 Å². The van der Waals surface area contributed by atoms with Gasteiger partial charge in [0.2, 0.25) is 0 Å². The molecule has 0 amide bonds. The molecule has 154 valence electrons. The number of hydrogen-bond donors (Lipinski definition) is 3. The predicted molar refractivity (Wildman–Crippen MR) is 114 cm³/mol. The van der Waals surface area contributed by atoms with Crippen molar-refractivity contribution >= 4 is 17.7 Å². The molecule has 0 aliphatic heterocycles. The normalized spacial score (nSPS) is 24.5. The molecule has 1 rings (SSSR count). The van der Waals surface area contributed by atoms with Crippen molar-refractivity contribution in [2.75, 3.05) is 12.4 Å². The highest BCUT2D eigenvalue weighted by Gasteiger charge is 2.33. The van der Waals surface area contributed by atoms with Gasteiger partial charge in [0.25, 0.3) is 0 Å². The molecule has 5 heteroatoms. The molecule has 0 bridgehead atoms. The van der Waals surface area contributed by atoms with Gasteiger partial charge in [-0.05, 0) is 56.8 Å². The fourth-order valence-corrected chi connectivity index (χ4v) is 4.77. The van der Waals surface area contributed by atoms with Crippen molar-refractivity contribution in [2.24, 2.45) is 11.8 Å². The Morgan fingerprint density at radius 2 is 2.04 bits per heavy atom. The van der Waals surface area contributed by atoms with Crippen LogP contribution in [0.1, 0.15) is 58.3 Å². The molecule has 0 spiro atoms. The Bertz CT molecular complexity index is 487.